The summed E-state index contributed by atoms with van der Waals surface area (Å²) >= 11 is 0. The van der Waals surface area contributed by atoms with E-state index in [-0.39, 0.29) is 18.0 Å². The number of para-hydroxylation sites is 1. The minimum atomic E-state index is -0.710. The summed E-state index contributed by atoms with van der Waals surface area (Å²) in [5.74, 6) is -0.479. The van der Waals surface area contributed by atoms with Crippen LogP contribution in [-0.2, 0) is 32.7 Å². The Hall–Kier alpha value is -3.60. The number of nitriles is 1. The van der Waals surface area contributed by atoms with Crippen LogP contribution < -0.4 is 9.30 Å². The zero-order chi connectivity index (χ0) is 21.1. The second-order valence-electron chi connectivity index (χ2n) is 6.19. The van der Waals surface area contributed by atoms with Crippen molar-refractivity contribution in [2.24, 2.45) is 7.05 Å². The highest BCUT2D eigenvalue weighted by Gasteiger charge is 2.11. The molecule has 152 valence electrons. The number of aromatic nitrogens is 2. The van der Waals surface area contributed by atoms with Crippen LogP contribution in [-0.4, -0.2) is 36.8 Å². The quantitative estimate of drug-likeness (QED) is 0.199. The molecule has 0 bridgehead atoms. The van der Waals surface area contributed by atoms with Crippen molar-refractivity contribution in [2.45, 2.75) is 19.4 Å². The van der Waals surface area contributed by atoms with E-state index in [2.05, 4.69) is 4.74 Å². The van der Waals surface area contributed by atoms with Gasteiger partial charge in [0.05, 0.1) is 20.8 Å². The Morgan fingerprint density at radius 2 is 2.07 bits per heavy atom. The number of aryl methyl sites for hydroxylation is 1. The molecule has 0 aliphatic carbocycles. The average Bonchev–Trinajstić information content (AvgIpc) is 3.14. The number of imidazole rings is 1. The number of benzene rings is 1. The SMILES string of the molecule is COC(=O)/C(C#N)=C/c1ccccc1OCCCC(=O)OCCn1cc[n+](C)c1. The molecular formula is C21H24N3O5+. The molecule has 0 amide bonds. The molecule has 1 heterocycles. The molecule has 0 saturated carbocycles. The number of esters is 2. The van der Waals surface area contributed by atoms with Crippen LogP contribution in [0, 0.1) is 11.3 Å². The monoisotopic (exact) mass is 398 g/mol. The first-order chi connectivity index (χ1) is 14.0. The van der Waals surface area contributed by atoms with Crippen LogP contribution in [0.25, 0.3) is 6.08 Å². The first-order valence-corrected chi connectivity index (χ1v) is 9.12. The lowest BCUT2D eigenvalue weighted by Gasteiger charge is -2.09. The van der Waals surface area contributed by atoms with E-state index in [1.54, 1.807) is 24.3 Å². The first kappa shape index (κ1) is 21.7. The van der Waals surface area contributed by atoms with Gasteiger partial charge in [-0.05, 0) is 18.6 Å². The number of hydrogen-bond acceptors (Lipinski definition) is 6. The second kappa shape index (κ2) is 11.3. The minimum Gasteiger partial charge on any atom is -0.493 e. The molecule has 0 unspecified atom stereocenters. The Bertz CT molecular complexity index is 911. The minimum absolute atomic E-state index is 0.122. The fourth-order valence-electron chi connectivity index (χ4n) is 2.50. The van der Waals surface area contributed by atoms with Crippen LogP contribution in [0.2, 0.25) is 0 Å². The zero-order valence-electron chi connectivity index (χ0n) is 16.5. The van der Waals surface area contributed by atoms with Gasteiger partial charge in [0.15, 0.2) is 0 Å². The Morgan fingerprint density at radius 3 is 2.76 bits per heavy atom. The van der Waals surface area contributed by atoms with E-state index in [9.17, 15) is 9.59 Å². The van der Waals surface area contributed by atoms with Gasteiger partial charge in [0.2, 0.25) is 6.33 Å². The number of carbonyl (C=O) groups is 2. The highest BCUT2D eigenvalue weighted by molar-refractivity contribution is 5.98. The van der Waals surface area contributed by atoms with E-state index in [1.165, 1.54) is 13.2 Å². The molecule has 0 aliphatic heterocycles. The molecule has 8 heteroatoms. The number of ether oxygens (including phenoxy) is 3. The number of rotatable bonds is 10. The van der Waals surface area contributed by atoms with Gasteiger partial charge in [-0.3, -0.25) is 4.79 Å². The van der Waals surface area contributed by atoms with Crippen molar-refractivity contribution in [3.63, 3.8) is 0 Å². The van der Waals surface area contributed by atoms with E-state index in [1.807, 2.05) is 41.0 Å². The van der Waals surface area contributed by atoms with E-state index < -0.39 is 5.97 Å². The van der Waals surface area contributed by atoms with Gasteiger partial charge in [-0.15, -0.1) is 0 Å². The number of hydrogen-bond donors (Lipinski definition) is 0. The maximum Gasteiger partial charge on any atom is 0.348 e. The Morgan fingerprint density at radius 1 is 1.28 bits per heavy atom. The van der Waals surface area contributed by atoms with Crippen LogP contribution >= 0.6 is 0 Å². The van der Waals surface area contributed by atoms with Gasteiger partial charge in [0.25, 0.3) is 0 Å². The molecule has 0 atom stereocenters. The van der Waals surface area contributed by atoms with Gasteiger partial charge < -0.3 is 14.2 Å². The Balaban J connectivity index is 1.77. The molecule has 0 fully saturated rings. The summed E-state index contributed by atoms with van der Waals surface area (Å²) in [6.45, 7) is 1.21. The van der Waals surface area contributed by atoms with Crippen LogP contribution in [0.5, 0.6) is 5.75 Å². The predicted octanol–water partition coefficient (Wildman–Crippen LogP) is 1.79. The lowest BCUT2D eigenvalue weighted by molar-refractivity contribution is -0.671. The highest BCUT2D eigenvalue weighted by Crippen LogP contribution is 2.21. The molecule has 29 heavy (non-hydrogen) atoms. The molecule has 2 rings (SSSR count). The summed E-state index contributed by atoms with van der Waals surface area (Å²) in [6.07, 6.45) is 7.87. The molecule has 1 aromatic carbocycles. The standard InChI is InChI=1S/C21H24N3O5/c1-23-9-10-24(16-23)11-13-29-20(25)8-5-12-28-19-7-4-3-6-17(19)14-18(15-22)21(26)27-2/h3-4,6-7,9-10,14,16H,5,8,11-13H2,1-2H3/q+1/b18-14+. The van der Waals surface area contributed by atoms with Crippen molar-refractivity contribution in [3.8, 4) is 11.8 Å². The van der Waals surface area contributed by atoms with E-state index in [4.69, 9.17) is 14.7 Å². The average molecular weight is 398 g/mol. The molecule has 2 aromatic rings. The molecule has 0 N–H and O–H groups in total. The van der Waals surface area contributed by atoms with Crippen molar-refractivity contribution >= 4 is 18.0 Å². The predicted molar refractivity (Wildman–Crippen MR) is 103 cm³/mol. The summed E-state index contributed by atoms with van der Waals surface area (Å²) in [6, 6.07) is 8.82. The summed E-state index contributed by atoms with van der Waals surface area (Å²) in [5.41, 5.74) is 0.459. The fraction of sp³-hybridized carbons (Fsp3) is 0.333. The third-order valence-electron chi connectivity index (χ3n) is 3.96. The Kier molecular flexibility index (Phi) is 8.45. The normalized spacial score (nSPS) is 10.9. The van der Waals surface area contributed by atoms with Crippen LogP contribution in [0.4, 0.5) is 0 Å². The van der Waals surface area contributed by atoms with Crippen LogP contribution in [0.3, 0.4) is 0 Å². The topological polar surface area (TPSA) is 94.4 Å². The largest absolute Gasteiger partial charge is 0.493 e. The van der Waals surface area contributed by atoms with Crippen molar-refractivity contribution in [1.82, 2.24) is 4.57 Å². The summed E-state index contributed by atoms with van der Waals surface area (Å²) in [7, 11) is 3.14. The van der Waals surface area contributed by atoms with Gasteiger partial charge in [0, 0.05) is 12.0 Å². The summed E-state index contributed by atoms with van der Waals surface area (Å²) < 4.78 is 19.3. The van der Waals surface area contributed by atoms with E-state index in [0.29, 0.717) is 37.5 Å². The lowest BCUT2D eigenvalue weighted by atomic mass is 10.1. The van der Waals surface area contributed by atoms with E-state index >= 15 is 0 Å². The highest BCUT2D eigenvalue weighted by atomic mass is 16.5. The van der Waals surface area contributed by atoms with Crippen molar-refractivity contribution in [2.75, 3.05) is 20.3 Å². The summed E-state index contributed by atoms with van der Waals surface area (Å²) in [5, 5.41) is 9.09. The maximum absolute atomic E-state index is 11.8. The van der Waals surface area contributed by atoms with Crippen molar-refractivity contribution in [1.29, 1.82) is 5.26 Å². The summed E-state index contributed by atoms with van der Waals surface area (Å²) in [4.78, 5) is 23.4. The first-order valence-electron chi connectivity index (χ1n) is 9.12. The molecule has 0 saturated heterocycles. The van der Waals surface area contributed by atoms with Gasteiger partial charge in [0.1, 0.15) is 42.9 Å². The maximum atomic E-state index is 11.8. The Labute approximate surface area is 169 Å². The van der Waals surface area contributed by atoms with Crippen molar-refractivity contribution < 1.29 is 28.4 Å². The van der Waals surface area contributed by atoms with Gasteiger partial charge >= 0.3 is 11.9 Å². The second-order valence-corrected chi connectivity index (χ2v) is 6.19. The zero-order valence-corrected chi connectivity index (χ0v) is 16.5. The van der Waals surface area contributed by atoms with Gasteiger partial charge in [-0.25, -0.2) is 13.9 Å². The molecular weight excluding hydrogens is 374 g/mol. The fourth-order valence-corrected chi connectivity index (χ4v) is 2.50. The lowest BCUT2D eigenvalue weighted by Crippen LogP contribution is -2.24. The smallest absolute Gasteiger partial charge is 0.348 e. The third-order valence-corrected chi connectivity index (χ3v) is 3.96. The van der Waals surface area contributed by atoms with Crippen LogP contribution in [0.15, 0.2) is 48.6 Å². The molecule has 0 radical (unpaired) electrons. The number of nitrogens with zero attached hydrogens (tertiary/aromatic N) is 3. The van der Waals surface area contributed by atoms with E-state index in [0.717, 1.165) is 0 Å². The van der Waals surface area contributed by atoms with Crippen LogP contribution in [0.1, 0.15) is 18.4 Å². The van der Waals surface area contributed by atoms with Gasteiger partial charge in [-0.2, -0.15) is 5.26 Å². The molecule has 1 aromatic heterocycles. The third kappa shape index (κ3) is 7.14. The molecule has 8 nitrogen and oxygen atoms in total. The number of carbonyl (C=O) groups excluding carboxylic acids is 2. The molecule has 0 spiro atoms. The van der Waals surface area contributed by atoms with Crippen molar-refractivity contribution in [3.05, 3.63) is 54.1 Å². The molecule has 0 aliphatic rings. The number of methoxy groups -OCH3 is 1. The van der Waals surface area contributed by atoms with Gasteiger partial charge in [-0.1, -0.05) is 18.2 Å².